The Kier molecular flexibility index (Phi) is 6.11. The van der Waals surface area contributed by atoms with Gasteiger partial charge in [-0.2, -0.15) is 0 Å². The first kappa shape index (κ1) is 20.4. The van der Waals surface area contributed by atoms with Crippen LogP contribution in [0, 0.1) is 0 Å². The number of hydrogen-bond acceptors (Lipinski definition) is 4. The summed E-state index contributed by atoms with van der Waals surface area (Å²) in [5.74, 6) is -0.233. The van der Waals surface area contributed by atoms with Crippen LogP contribution in [-0.2, 0) is 24.8 Å². The van der Waals surface area contributed by atoms with Crippen molar-refractivity contribution < 1.29 is 18.0 Å². The third kappa shape index (κ3) is 5.30. The maximum atomic E-state index is 12.2. The van der Waals surface area contributed by atoms with Crippen LogP contribution in [0.2, 0.25) is 0 Å². The second kappa shape index (κ2) is 7.78. The number of carbonyl (C=O) groups is 2. The van der Waals surface area contributed by atoms with E-state index in [1.807, 2.05) is 24.3 Å². The molecule has 0 aromatic heterocycles. The van der Waals surface area contributed by atoms with Gasteiger partial charge in [0.15, 0.2) is 9.84 Å². The normalized spacial score (nSPS) is 19.2. The molecule has 1 saturated heterocycles. The van der Waals surface area contributed by atoms with Crippen molar-refractivity contribution in [3.05, 3.63) is 29.8 Å². The number of hydrogen-bond donors (Lipinski definition) is 1. The molecule has 26 heavy (non-hydrogen) atoms. The highest BCUT2D eigenvalue weighted by atomic mass is 32.2. The number of sulfone groups is 1. The lowest BCUT2D eigenvalue weighted by atomic mass is 9.85. The van der Waals surface area contributed by atoms with Gasteiger partial charge in [-0.05, 0) is 23.5 Å². The number of rotatable bonds is 5. The summed E-state index contributed by atoms with van der Waals surface area (Å²) in [4.78, 5) is 26.0. The van der Waals surface area contributed by atoms with E-state index in [9.17, 15) is 18.0 Å². The summed E-state index contributed by atoms with van der Waals surface area (Å²) in [6.07, 6.45) is 0.589. The number of para-hydroxylation sites is 1. The molecule has 1 aliphatic rings. The smallest absolute Gasteiger partial charge is 0.223 e. The number of benzene rings is 1. The average molecular weight is 381 g/mol. The van der Waals surface area contributed by atoms with Crippen molar-refractivity contribution in [1.82, 2.24) is 5.32 Å². The Morgan fingerprint density at radius 1 is 1.23 bits per heavy atom. The lowest BCUT2D eigenvalue weighted by Crippen LogP contribution is -2.39. The van der Waals surface area contributed by atoms with Crippen molar-refractivity contribution in [1.29, 1.82) is 0 Å². The molecule has 0 bridgehead atoms. The van der Waals surface area contributed by atoms with Crippen molar-refractivity contribution in [3.63, 3.8) is 0 Å². The summed E-state index contributed by atoms with van der Waals surface area (Å²) in [6.45, 7) is 7.99. The van der Waals surface area contributed by atoms with E-state index in [-0.39, 0.29) is 47.7 Å². The minimum Gasteiger partial charge on any atom is -0.352 e. The first-order valence-electron chi connectivity index (χ1n) is 8.87. The molecular formula is C19H28N2O4S. The van der Waals surface area contributed by atoms with E-state index >= 15 is 0 Å². The fourth-order valence-corrected chi connectivity index (χ4v) is 4.89. The van der Waals surface area contributed by atoms with Gasteiger partial charge in [-0.1, -0.05) is 39.0 Å². The van der Waals surface area contributed by atoms with Crippen molar-refractivity contribution in [2.45, 2.75) is 52.0 Å². The molecule has 1 aliphatic heterocycles. The highest BCUT2D eigenvalue weighted by Crippen LogP contribution is 2.32. The first-order valence-corrected chi connectivity index (χ1v) is 10.7. The Labute approximate surface area is 155 Å². The zero-order valence-corrected chi connectivity index (χ0v) is 16.7. The van der Waals surface area contributed by atoms with Crippen LogP contribution in [0.1, 0.15) is 46.1 Å². The van der Waals surface area contributed by atoms with Crippen LogP contribution in [0.25, 0.3) is 0 Å². The second-order valence-corrected chi connectivity index (χ2v) is 10.1. The van der Waals surface area contributed by atoms with Crippen molar-refractivity contribution >= 4 is 27.3 Å². The third-order valence-electron chi connectivity index (χ3n) is 4.54. The molecule has 1 heterocycles. The summed E-state index contributed by atoms with van der Waals surface area (Å²) in [5, 5.41) is 2.77. The summed E-state index contributed by atoms with van der Waals surface area (Å²) >= 11 is 0. The lowest BCUT2D eigenvalue weighted by molar-refractivity contribution is -0.121. The lowest BCUT2D eigenvalue weighted by Gasteiger charge is -2.29. The molecule has 1 aromatic carbocycles. The molecule has 6 nitrogen and oxygen atoms in total. The summed E-state index contributed by atoms with van der Waals surface area (Å²) in [5.41, 5.74) is 1.71. The van der Waals surface area contributed by atoms with Gasteiger partial charge >= 0.3 is 0 Å². The second-order valence-electron chi connectivity index (χ2n) is 7.86. The number of anilines is 1. The number of amides is 2. The van der Waals surface area contributed by atoms with Crippen molar-refractivity contribution in [2.75, 3.05) is 23.0 Å². The Hall–Kier alpha value is -1.89. The maximum Gasteiger partial charge on any atom is 0.223 e. The van der Waals surface area contributed by atoms with Gasteiger partial charge in [0.2, 0.25) is 11.8 Å². The highest BCUT2D eigenvalue weighted by Gasteiger charge is 2.29. The van der Waals surface area contributed by atoms with Gasteiger partial charge in [-0.15, -0.1) is 0 Å². The highest BCUT2D eigenvalue weighted by molar-refractivity contribution is 7.91. The molecule has 7 heteroatoms. The van der Waals surface area contributed by atoms with Gasteiger partial charge < -0.3 is 10.2 Å². The predicted octanol–water partition coefficient (Wildman–Crippen LogP) is 2.03. The Morgan fingerprint density at radius 3 is 2.42 bits per heavy atom. The van der Waals surface area contributed by atoms with Gasteiger partial charge in [-0.3, -0.25) is 9.59 Å². The topological polar surface area (TPSA) is 83.6 Å². The van der Waals surface area contributed by atoms with Crippen LogP contribution in [-0.4, -0.2) is 44.3 Å². The molecule has 1 fully saturated rings. The van der Waals surface area contributed by atoms with Gasteiger partial charge in [-0.25, -0.2) is 8.42 Å². The maximum absolute atomic E-state index is 12.2. The molecule has 0 spiro atoms. The Bertz CT molecular complexity index is 781. The molecule has 1 unspecified atom stereocenters. The average Bonchev–Trinajstić information content (AvgIpc) is 2.85. The summed E-state index contributed by atoms with van der Waals surface area (Å²) < 4.78 is 23.0. The van der Waals surface area contributed by atoms with Gasteiger partial charge in [0, 0.05) is 31.6 Å². The summed E-state index contributed by atoms with van der Waals surface area (Å²) in [6, 6.07) is 7.39. The van der Waals surface area contributed by atoms with E-state index in [0.29, 0.717) is 6.42 Å². The standard InChI is InChI=1S/C19H28N2O4S/c1-14(22)21(17-8-6-5-7-16(17)19(2,3)4)11-9-18(23)20-15-10-12-26(24,25)13-15/h5-8,15H,9-13H2,1-4H3,(H,20,23). The molecule has 0 aliphatic carbocycles. The Morgan fingerprint density at radius 2 is 1.88 bits per heavy atom. The van der Waals surface area contributed by atoms with Crippen LogP contribution < -0.4 is 10.2 Å². The van der Waals surface area contributed by atoms with Crippen LogP contribution in [0.15, 0.2) is 24.3 Å². The SMILES string of the molecule is CC(=O)N(CCC(=O)NC1CCS(=O)(=O)C1)c1ccccc1C(C)(C)C. The largest absolute Gasteiger partial charge is 0.352 e. The van der Waals surface area contributed by atoms with Gasteiger partial charge in [0.05, 0.1) is 11.5 Å². The van der Waals surface area contributed by atoms with E-state index < -0.39 is 9.84 Å². The van der Waals surface area contributed by atoms with Crippen LogP contribution in [0.4, 0.5) is 5.69 Å². The Balaban J connectivity index is 2.06. The zero-order valence-electron chi connectivity index (χ0n) is 15.9. The number of nitrogens with one attached hydrogen (secondary N) is 1. The van der Waals surface area contributed by atoms with E-state index in [1.165, 1.54) is 6.92 Å². The van der Waals surface area contributed by atoms with Crippen molar-refractivity contribution in [3.8, 4) is 0 Å². The number of nitrogens with zero attached hydrogens (tertiary/aromatic N) is 1. The molecule has 1 N–H and O–H groups in total. The molecule has 2 amide bonds. The molecule has 1 atom stereocenters. The number of carbonyl (C=O) groups excluding carboxylic acids is 2. The molecule has 0 saturated carbocycles. The minimum atomic E-state index is -3.03. The quantitative estimate of drug-likeness (QED) is 0.847. The molecule has 1 aromatic rings. The fraction of sp³-hybridized carbons (Fsp3) is 0.579. The first-order chi connectivity index (χ1) is 12.0. The third-order valence-corrected chi connectivity index (χ3v) is 6.31. The molecular weight excluding hydrogens is 352 g/mol. The molecule has 2 rings (SSSR count). The van der Waals surface area contributed by atoms with Crippen LogP contribution in [0.3, 0.4) is 0 Å². The van der Waals surface area contributed by atoms with Gasteiger partial charge in [0.1, 0.15) is 0 Å². The predicted molar refractivity (Wildman–Crippen MR) is 103 cm³/mol. The van der Waals surface area contributed by atoms with E-state index in [4.69, 9.17) is 0 Å². The van der Waals surface area contributed by atoms with E-state index in [0.717, 1.165) is 11.3 Å². The van der Waals surface area contributed by atoms with Crippen LogP contribution >= 0.6 is 0 Å². The molecule has 0 radical (unpaired) electrons. The molecule has 144 valence electrons. The van der Waals surface area contributed by atoms with E-state index in [2.05, 4.69) is 26.1 Å². The van der Waals surface area contributed by atoms with E-state index in [1.54, 1.807) is 4.90 Å². The monoisotopic (exact) mass is 380 g/mol. The fourth-order valence-electron chi connectivity index (χ4n) is 3.21. The van der Waals surface area contributed by atoms with Gasteiger partial charge in [0.25, 0.3) is 0 Å². The van der Waals surface area contributed by atoms with Crippen LogP contribution in [0.5, 0.6) is 0 Å². The summed E-state index contributed by atoms with van der Waals surface area (Å²) in [7, 11) is -3.03. The van der Waals surface area contributed by atoms with Crippen molar-refractivity contribution in [2.24, 2.45) is 0 Å². The minimum absolute atomic E-state index is 0.00200. The zero-order chi connectivity index (χ0) is 19.5.